The fourth-order valence-electron chi connectivity index (χ4n) is 3.19. The first-order valence-electron chi connectivity index (χ1n) is 7.82. The molecule has 1 saturated carbocycles. The summed E-state index contributed by atoms with van der Waals surface area (Å²) in [6.07, 6.45) is 5.49. The number of aryl methyl sites for hydroxylation is 2. The average molecular weight is 347 g/mol. The minimum atomic E-state index is -3.50. The van der Waals surface area contributed by atoms with Crippen LogP contribution in [0.25, 0.3) is 0 Å². The summed E-state index contributed by atoms with van der Waals surface area (Å²) in [7, 11) is -3.50. The summed E-state index contributed by atoms with van der Waals surface area (Å²) in [6, 6.07) is 5.44. The Morgan fingerprint density at radius 1 is 1.14 bits per heavy atom. The lowest BCUT2D eigenvalue weighted by Crippen LogP contribution is -2.51. The maximum atomic E-state index is 12.7. The van der Waals surface area contributed by atoms with Crippen molar-refractivity contribution >= 4 is 22.4 Å². The molecule has 0 spiro atoms. The Kier molecular flexibility index (Phi) is 6.86. The Labute approximate surface area is 140 Å². The Hall–Kier alpha value is -0.620. The van der Waals surface area contributed by atoms with E-state index < -0.39 is 15.6 Å². The molecule has 0 atom stereocenters. The first-order valence-corrected chi connectivity index (χ1v) is 9.30. The molecule has 0 amide bonds. The molecule has 0 heterocycles. The van der Waals surface area contributed by atoms with E-state index in [0.717, 1.165) is 44.1 Å². The van der Waals surface area contributed by atoms with Gasteiger partial charge < -0.3 is 5.73 Å². The van der Waals surface area contributed by atoms with Gasteiger partial charge in [-0.05, 0) is 48.9 Å². The molecule has 0 unspecified atom stereocenters. The SMILES string of the molecule is CCc1ccc(S(=O)(=O)NC2(CN)CCCC2)cc1CC.Cl. The summed E-state index contributed by atoms with van der Waals surface area (Å²) >= 11 is 0. The molecule has 1 aromatic carbocycles. The highest BCUT2D eigenvalue weighted by molar-refractivity contribution is 7.89. The molecule has 0 aliphatic heterocycles. The molecule has 0 aromatic heterocycles. The van der Waals surface area contributed by atoms with E-state index >= 15 is 0 Å². The Balaban J connectivity index is 0.00000242. The van der Waals surface area contributed by atoms with Gasteiger partial charge in [-0.25, -0.2) is 13.1 Å². The summed E-state index contributed by atoms with van der Waals surface area (Å²) in [5.74, 6) is 0. The van der Waals surface area contributed by atoms with Crippen molar-refractivity contribution in [3.05, 3.63) is 29.3 Å². The van der Waals surface area contributed by atoms with Gasteiger partial charge in [0.15, 0.2) is 0 Å². The zero-order valence-electron chi connectivity index (χ0n) is 13.4. The highest BCUT2D eigenvalue weighted by atomic mass is 35.5. The number of halogens is 1. The van der Waals surface area contributed by atoms with E-state index in [9.17, 15) is 8.42 Å². The minimum Gasteiger partial charge on any atom is -0.329 e. The summed E-state index contributed by atoms with van der Waals surface area (Å²) < 4.78 is 28.2. The second-order valence-corrected chi connectivity index (χ2v) is 7.62. The van der Waals surface area contributed by atoms with Crippen molar-refractivity contribution in [3.8, 4) is 0 Å². The molecule has 126 valence electrons. The van der Waals surface area contributed by atoms with Crippen LogP contribution in [-0.4, -0.2) is 20.5 Å². The number of sulfonamides is 1. The van der Waals surface area contributed by atoms with E-state index in [2.05, 4.69) is 18.6 Å². The second kappa shape index (κ2) is 7.77. The largest absolute Gasteiger partial charge is 0.329 e. The lowest BCUT2D eigenvalue weighted by Gasteiger charge is -2.28. The second-order valence-electron chi connectivity index (χ2n) is 5.93. The van der Waals surface area contributed by atoms with Gasteiger partial charge in [-0.3, -0.25) is 0 Å². The van der Waals surface area contributed by atoms with Crippen molar-refractivity contribution in [2.24, 2.45) is 5.73 Å². The molecule has 0 saturated heterocycles. The van der Waals surface area contributed by atoms with Crippen LogP contribution in [0.4, 0.5) is 0 Å². The minimum absolute atomic E-state index is 0. The van der Waals surface area contributed by atoms with Crippen molar-refractivity contribution in [2.75, 3.05) is 6.54 Å². The number of nitrogens with one attached hydrogen (secondary N) is 1. The summed E-state index contributed by atoms with van der Waals surface area (Å²) in [4.78, 5) is 0.358. The predicted molar refractivity (Wildman–Crippen MR) is 93.0 cm³/mol. The van der Waals surface area contributed by atoms with Crippen LogP contribution in [0.5, 0.6) is 0 Å². The molecule has 1 aliphatic rings. The van der Waals surface area contributed by atoms with Crippen LogP contribution in [0.3, 0.4) is 0 Å². The van der Waals surface area contributed by atoms with Gasteiger partial charge in [-0.2, -0.15) is 0 Å². The quantitative estimate of drug-likeness (QED) is 0.831. The van der Waals surface area contributed by atoms with Gasteiger partial charge in [-0.1, -0.05) is 32.8 Å². The first-order chi connectivity index (χ1) is 9.96. The van der Waals surface area contributed by atoms with Gasteiger partial charge in [0, 0.05) is 12.1 Å². The van der Waals surface area contributed by atoms with Crippen LogP contribution in [0.15, 0.2) is 23.1 Å². The summed E-state index contributed by atoms with van der Waals surface area (Å²) in [5, 5.41) is 0. The van der Waals surface area contributed by atoms with Gasteiger partial charge in [0.1, 0.15) is 0 Å². The Bertz CT molecular complexity index is 596. The normalized spacial score (nSPS) is 17.2. The zero-order valence-corrected chi connectivity index (χ0v) is 15.0. The number of benzene rings is 1. The van der Waals surface area contributed by atoms with Gasteiger partial charge in [0.05, 0.1) is 4.90 Å². The van der Waals surface area contributed by atoms with Crippen LogP contribution in [0.2, 0.25) is 0 Å². The standard InChI is InChI=1S/C16H26N2O2S.ClH/c1-3-13-7-8-15(11-14(13)4-2)21(19,20)18-16(12-17)9-5-6-10-16;/h7-8,11,18H,3-6,9-10,12,17H2,1-2H3;1H. The van der Waals surface area contributed by atoms with E-state index in [1.165, 1.54) is 5.56 Å². The van der Waals surface area contributed by atoms with E-state index in [1.54, 1.807) is 12.1 Å². The van der Waals surface area contributed by atoms with Crippen molar-refractivity contribution in [3.63, 3.8) is 0 Å². The lowest BCUT2D eigenvalue weighted by atomic mass is 10.0. The van der Waals surface area contributed by atoms with Crippen molar-refractivity contribution in [1.29, 1.82) is 0 Å². The summed E-state index contributed by atoms with van der Waals surface area (Å²) in [5.41, 5.74) is 7.70. The Morgan fingerprint density at radius 3 is 2.23 bits per heavy atom. The third-order valence-electron chi connectivity index (χ3n) is 4.55. The van der Waals surface area contributed by atoms with Crippen molar-refractivity contribution < 1.29 is 8.42 Å². The van der Waals surface area contributed by atoms with E-state index in [-0.39, 0.29) is 12.4 Å². The van der Waals surface area contributed by atoms with E-state index in [1.807, 2.05) is 6.07 Å². The van der Waals surface area contributed by atoms with Crippen LogP contribution in [-0.2, 0) is 22.9 Å². The maximum absolute atomic E-state index is 12.7. The topological polar surface area (TPSA) is 72.2 Å². The highest BCUT2D eigenvalue weighted by Gasteiger charge is 2.36. The van der Waals surface area contributed by atoms with Gasteiger partial charge in [0.25, 0.3) is 0 Å². The Morgan fingerprint density at radius 2 is 1.73 bits per heavy atom. The summed E-state index contributed by atoms with van der Waals surface area (Å²) in [6.45, 7) is 4.50. The van der Waals surface area contributed by atoms with E-state index in [4.69, 9.17) is 5.73 Å². The fraction of sp³-hybridized carbons (Fsp3) is 0.625. The van der Waals surface area contributed by atoms with Crippen LogP contribution in [0.1, 0.15) is 50.7 Å². The van der Waals surface area contributed by atoms with Crippen LogP contribution in [0, 0.1) is 0 Å². The van der Waals surface area contributed by atoms with Crippen LogP contribution >= 0.6 is 12.4 Å². The smallest absolute Gasteiger partial charge is 0.241 e. The average Bonchev–Trinajstić information content (AvgIpc) is 2.94. The monoisotopic (exact) mass is 346 g/mol. The van der Waals surface area contributed by atoms with Crippen molar-refractivity contribution in [1.82, 2.24) is 4.72 Å². The van der Waals surface area contributed by atoms with Gasteiger partial charge in [0.2, 0.25) is 10.0 Å². The molecular weight excluding hydrogens is 320 g/mol. The molecule has 6 heteroatoms. The lowest BCUT2D eigenvalue weighted by molar-refractivity contribution is 0.399. The molecule has 2 rings (SSSR count). The van der Waals surface area contributed by atoms with Gasteiger partial charge in [-0.15, -0.1) is 12.4 Å². The zero-order chi connectivity index (χ0) is 15.5. The third kappa shape index (κ3) is 4.02. The maximum Gasteiger partial charge on any atom is 0.241 e. The number of rotatable bonds is 6. The third-order valence-corrected chi connectivity index (χ3v) is 6.13. The number of hydrogen-bond acceptors (Lipinski definition) is 3. The molecule has 22 heavy (non-hydrogen) atoms. The molecular formula is C16H27ClN2O2S. The highest BCUT2D eigenvalue weighted by Crippen LogP contribution is 2.30. The molecule has 4 nitrogen and oxygen atoms in total. The van der Waals surface area contributed by atoms with E-state index in [0.29, 0.717) is 11.4 Å². The molecule has 1 aliphatic carbocycles. The molecule has 3 N–H and O–H groups in total. The number of hydrogen-bond donors (Lipinski definition) is 2. The van der Waals surface area contributed by atoms with Gasteiger partial charge >= 0.3 is 0 Å². The molecule has 1 aromatic rings. The van der Waals surface area contributed by atoms with Crippen LogP contribution < -0.4 is 10.5 Å². The van der Waals surface area contributed by atoms with Crippen molar-refractivity contribution in [2.45, 2.75) is 62.8 Å². The molecule has 0 radical (unpaired) electrons. The molecule has 1 fully saturated rings. The molecule has 0 bridgehead atoms. The first kappa shape index (κ1) is 19.4. The fourth-order valence-corrected chi connectivity index (χ4v) is 4.71. The number of nitrogens with two attached hydrogens (primary N) is 1. The predicted octanol–water partition coefficient (Wildman–Crippen LogP) is 2.78.